The number of rotatable bonds is 5. The molecule has 0 aliphatic carbocycles. The van der Waals surface area contributed by atoms with Crippen molar-refractivity contribution in [3.63, 3.8) is 0 Å². The Balaban J connectivity index is 1.95. The first kappa shape index (κ1) is 14.8. The summed E-state index contributed by atoms with van der Waals surface area (Å²) in [5, 5.41) is 5.01. The summed E-state index contributed by atoms with van der Waals surface area (Å²) in [6, 6.07) is 12.2. The lowest BCUT2D eigenvalue weighted by Gasteiger charge is -2.11. The van der Waals surface area contributed by atoms with E-state index < -0.39 is 0 Å². The van der Waals surface area contributed by atoms with Crippen LogP contribution in [0, 0.1) is 0 Å². The summed E-state index contributed by atoms with van der Waals surface area (Å²) in [6.45, 7) is 4.24. The van der Waals surface area contributed by atoms with Gasteiger partial charge in [-0.05, 0) is 37.4 Å². The van der Waals surface area contributed by atoms with Crippen molar-refractivity contribution in [2.45, 2.75) is 32.9 Å². The highest BCUT2D eigenvalue weighted by Crippen LogP contribution is 2.20. The van der Waals surface area contributed by atoms with Gasteiger partial charge in [-0.1, -0.05) is 18.2 Å². The number of para-hydroxylation sites is 2. The molecule has 2 aromatic heterocycles. The molecule has 3 aromatic rings. The molecule has 1 aromatic carbocycles. The summed E-state index contributed by atoms with van der Waals surface area (Å²) in [4.78, 5) is 18.1. The van der Waals surface area contributed by atoms with Crippen LogP contribution in [0.2, 0.25) is 0 Å². The van der Waals surface area contributed by atoms with Gasteiger partial charge in [0.15, 0.2) is 0 Å². The number of imidazole rings is 1. The van der Waals surface area contributed by atoms with Gasteiger partial charge in [-0.3, -0.25) is 4.79 Å². The minimum Gasteiger partial charge on any atom is -0.352 e. The lowest BCUT2D eigenvalue weighted by atomic mass is 10.3. The molecule has 0 unspecified atom stereocenters. The summed E-state index contributed by atoms with van der Waals surface area (Å²) >= 11 is 1.71. The lowest BCUT2D eigenvalue weighted by Crippen LogP contribution is -2.33. The maximum Gasteiger partial charge on any atom is 0.240 e. The van der Waals surface area contributed by atoms with Crippen LogP contribution in [-0.4, -0.2) is 21.5 Å². The lowest BCUT2D eigenvalue weighted by molar-refractivity contribution is -0.122. The predicted octanol–water partition coefficient (Wildman–Crippen LogP) is 3.21. The van der Waals surface area contributed by atoms with Gasteiger partial charge in [0.2, 0.25) is 5.91 Å². The molecule has 0 fully saturated rings. The van der Waals surface area contributed by atoms with Crippen molar-refractivity contribution in [3.05, 3.63) is 52.5 Å². The minimum absolute atomic E-state index is 0.0191. The Bertz CT molecular complexity index is 774. The third kappa shape index (κ3) is 3.20. The second-order valence-corrected chi connectivity index (χ2v) is 6.61. The molecule has 0 radical (unpaired) electrons. The van der Waals surface area contributed by atoms with Crippen molar-refractivity contribution in [3.8, 4) is 0 Å². The topological polar surface area (TPSA) is 46.9 Å². The van der Waals surface area contributed by atoms with E-state index in [9.17, 15) is 4.79 Å². The number of carbonyl (C=O) groups excluding carboxylic acids is 1. The molecule has 1 N–H and O–H groups in total. The van der Waals surface area contributed by atoms with Gasteiger partial charge in [0, 0.05) is 17.3 Å². The van der Waals surface area contributed by atoms with E-state index in [0.717, 1.165) is 23.3 Å². The van der Waals surface area contributed by atoms with Crippen LogP contribution in [-0.2, 0) is 17.8 Å². The highest BCUT2D eigenvalue weighted by molar-refractivity contribution is 7.09. The van der Waals surface area contributed by atoms with Crippen molar-refractivity contribution in [2.75, 3.05) is 0 Å². The number of amides is 1. The van der Waals surface area contributed by atoms with Crippen LogP contribution >= 0.6 is 11.3 Å². The first-order chi connectivity index (χ1) is 10.6. The number of fused-ring (bicyclic) bond motifs is 1. The molecular formula is C17H19N3OS. The molecule has 0 aliphatic rings. The van der Waals surface area contributed by atoms with Crippen molar-refractivity contribution < 1.29 is 4.79 Å². The Morgan fingerprint density at radius 2 is 2.09 bits per heavy atom. The number of aromatic nitrogens is 2. The highest BCUT2D eigenvalue weighted by Gasteiger charge is 2.14. The molecule has 114 valence electrons. The minimum atomic E-state index is 0.0191. The SMILES string of the molecule is CC(C)NC(=O)Cn1c(Cc2cccs2)nc2ccccc21. The monoisotopic (exact) mass is 313 g/mol. The molecule has 0 spiro atoms. The van der Waals surface area contributed by atoms with Crippen molar-refractivity contribution in [1.82, 2.24) is 14.9 Å². The average molecular weight is 313 g/mol. The summed E-state index contributed by atoms with van der Waals surface area (Å²) in [7, 11) is 0. The highest BCUT2D eigenvalue weighted by atomic mass is 32.1. The maximum atomic E-state index is 12.2. The van der Waals surface area contributed by atoms with Gasteiger partial charge >= 0.3 is 0 Å². The molecule has 0 aliphatic heterocycles. The van der Waals surface area contributed by atoms with E-state index in [2.05, 4.69) is 16.8 Å². The van der Waals surface area contributed by atoms with Gasteiger partial charge in [-0.15, -0.1) is 11.3 Å². The fourth-order valence-electron chi connectivity index (χ4n) is 2.52. The van der Waals surface area contributed by atoms with E-state index in [1.807, 2.05) is 48.7 Å². The molecule has 1 amide bonds. The first-order valence-corrected chi connectivity index (χ1v) is 8.27. The fraction of sp³-hybridized carbons (Fsp3) is 0.294. The molecule has 0 saturated heterocycles. The number of hydrogen-bond donors (Lipinski definition) is 1. The van der Waals surface area contributed by atoms with Gasteiger partial charge < -0.3 is 9.88 Å². The van der Waals surface area contributed by atoms with Crippen LogP contribution in [0.3, 0.4) is 0 Å². The van der Waals surface area contributed by atoms with E-state index >= 15 is 0 Å². The molecule has 4 nitrogen and oxygen atoms in total. The zero-order valence-corrected chi connectivity index (χ0v) is 13.6. The van der Waals surface area contributed by atoms with Crippen LogP contribution in [0.25, 0.3) is 11.0 Å². The standard InChI is InChI=1S/C17H19N3OS/c1-12(2)18-17(21)11-20-15-8-4-3-7-14(15)19-16(20)10-13-6-5-9-22-13/h3-9,12H,10-11H2,1-2H3,(H,18,21). The summed E-state index contributed by atoms with van der Waals surface area (Å²) in [5.41, 5.74) is 1.94. The number of nitrogens with one attached hydrogen (secondary N) is 1. The zero-order valence-electron chi connectivity index (χ0n) is 12.7. The third-order valence-corrected chi connectivity index (χ3v) is 4.27. The van der Waals surface area contributed by atoms with Crippen LogP contribution in [0.4, 0.5) is 0 Å². The van der Waals surface area contributed by atoms with Crippen LogP contribution in [0.5, 0.6) is 0 Å². The van der Waals surface area contributed by atoms with E-state index in [0.29, 0.717) is 6.54 Å². The Labute approximate surface area is 133 Å². The Morgan fingerprint density at radius 1 is 1.27 bits per heavy atom. The van der Waals surface area contributed by atoms with Gasteiger partial charge in [0.1, 0.15) is 12.4 Å². The van der Waals surface area contributed by atoms with E-state index in [1.54, 1.807) is 11.3 Å². The summed E-state index contributed by atoms with van der Waals surface area (Å²) in [6.07, 6.45) is 0.751. The molecule has 22 heavy (non-hydrogen) atoms. The van der Waals surface area contributed by atoms with E-state index in [4.69, 9.17) is 4.98 Å². The van der Waals surface area contributed by atoms with Gasteiger partial charge in [-0.2, -0.15) is 0 Å². The van der Waals surface area contributed by atoms with E-state index in [1.165, 1.54) is 4.88 Å². The average Bonchev–Trinajstić information content (AvgIpc) is 3.08. The van der Waals surface area contributed by atoms with Gasteiger partial charge in [-0.25, -0.2) is 4.98 Å². The Kier molecular flexibility index (Phi) is 4.24. The number of nitrogens with zero attached hydrogens (tertiary/aromatic N) is 2. The molecule has 0 bridgehead atoms. The second kappa shape index (κ2) is 6.32. The molecule has 0 saturated carbocycles. The smallest absolute Gasteiger partial charge is 0.240 e. The fourth-order valence-corrected chi connectivity index (χ4v) is 3.22. The zero-order chi connectivity index (χ0) is 15.5. The van der Waals surface area contributed by atoms with Crippen molar-refractivity contribution in [2.24, 2.45) is 0 Å². The summed E-state index contributed by atoms with van der Waals surface area (Å²) in [5.74, 6) is 0.952. The molecule has 2 heterocycles. The molecule has 3 rings (SSSR count). The number of benzene rings is 1. The summed E-state index contributed by atoms with van der Waals surface area (Å²) < 4.78 is 2.02. The van der Waals surface area contributed by atoms with Crippen molar-refractivity contribution >= 4 is 28.3 Å². The number of thiophene rings is 1. The van der Waals surface area contributed by atoms with Crippen LogP contribution in [0.15, 0.2) is 41.8 Å². The third-order valence-electron chi connectivity index (χ3n) is 3.40. The van der Waals surface area contributed by atoms with Gasteiger partial charge in [0.25, 0.3) is 0 Å². The quantitative estimate of drug-likeness (QED) is 0.786. The van der Waals surface area contributed by atoms with Crippen molar-refractivity contribution in [1.29, 1.82) is 0 Å². The number of hydrogen-bond acceptors (Lipinski definition) is 3. The first-order valence-electron chi connectivity index (χ1n) is 7.39. The largest absolute Gasteiger partial charge is 0.352 e. The molecule has 0 atom stereocenters. The number of carbonyl (C=O) groups is 1. The second-order valence-electron chi connectivity index (χ2n) is 5.58. The predicted molar refractivity (Wildman–Crippen MR) is 90.1 cm³/mol. The maximum absolute atomic E-state index is 12.2. The Morgan fingerprint density at radius 3 is 2.82 bits per heavy atom. The Hall–Kier alpha value is -2.14. The molecular weight excluding hydrogens is 294 g/mol. The van der Waals surface area contributed by atoms with Crippen LogP contribution in [0.1, 0.15) is 24.5 Å². The molecule has 5 heteroatoms. The van der Waals surface area contributed by atoms with E-state index in [-0.39, 0.29) is 11.9 Å². The van der Waals surface area contributed by atoms with Gasteiger partial charge in [0.05, 0.1) is 11.0 Å². The van der Waals surface area contributed by atoms with Crippen LogP contribution < -0.4 is 5.32 Å². The normalized spacial score (nSPS) is 11.2.